The van der Waals surface area contributed by atoms with Gasteiger partial charge >= 0.3 is 6.09 Å². The minimum Gasteiger partial charge on any atom is -0.497 e. The molecule has 0 bridgehead atoms. The molecule has 0 spiro atoms. The fraction of sp³-hybridized carbons (Fsp3) is 0.500. The van der Waals surface area contributed by atoms with E-state index in [1.165, 1.54) is 0 Å². The third-order valence-corrected chi connectivity index (χ3v) is 3.18. The average Bonchev–Trinajstić information content (AvgIpc) is 3.22. The molecule has 5 heteroatoms. The Labute approximate surface area is 112 Å². The molecule has 2 rings (SSSR count). The number of amides is 1. The Hall–Kier alpha value is -1.91. The lowest BCUT2D eigenvalue weighted by Crippen LogP contribution is -2.21. The molecule has 1 fully saturated rings. The van der Waals surface area contributed by atoms with Crippen molar-refractivity contribution in [2.45, 2.75) is 25.9 Å². The summed E-state index contributed by atoms with van der Waals surface area (Å²) < 4.78 is 15.6. The fourth-order valence-electron chi connectivity index (χ4n) is 1.86. The van der Waals surface area contributed by atoms with E-state index in [1.807, 2.05) is 6.92 Å². The number of rotatable bonds is 5. The standard InChI is InChI=1S/C14H19NO4/c1-9(10-4-5-10)19-14(16)15-11-6-12(17-2)8-13(7-11)18-3/h6-10H,4-5H2,1-3H3,(H,15,16). The van der Waals surface area contributed by atoms with Crippen LogP contribution in [0, 0.1) is 5.92 Å². The van der Waals surface area contributed by atoms with Crippen molar-refractivity contribution >= 4 is 11.8 Å². The number of benzene rings is 1. The molecule has 1 unspecified atom stereocenters. The largest absolute Gasteiger partial charge is 0.497 e. The Morgan fingerprint density at radius 2 is 1.79 bits per heavy atom. The summed E-state index contributed by atoms with van der Waals surface area (Å²) in [6, 6.07) is 5.17. The van der Waals surface area contributed by atoms with Crippen LogP contribution in [0.3, 0.4) is 0 Å². The first-order valence-corrected chi connectivity index (χ1v) is 6.33. The van der Waals surface area contributed by atoms with Gasteiger partial charge in [0.25, 0.3) is 0 Å². The van der Waals surface area contributed by atoms with E-state index in [0.29, 0.717) is 23.1 Å². The summed E-state index contributed by atoms with van der Waals surface area (Å²) in [7, 11) is 3.12. The van der Waals surface area contributed by atoms with Crippen molar-refractivity contribution in [3.05, 3.63) is 18.2 Å². The molecule has 1 aromatic rings. The lowest BCUT2D eigenvalue weighted by Gasteiger charge is -2.14. The highest BCUT2D eigenvalue weighted by atomic mass is 16.6. The van der Waals surface area contributed by atoms with Crippen LogP contribution in [0.15, 0.2) is 18.2 Å². The maximum Gasteiger partial charge on any atom is 0.411 e. The number of hydrogen-bond donors (Lipinski definition) is 1. The van der Waals surface area contributed by atoms with Crippen molar-refractivity contribution in [3.63, 3.8) is 0 Å². The second kappa shape index (κ2) is 5.82. The smallest absolute Gasteiger partial charge is 0.411 e. The van der Waals surface area contributed by atoms with Crippen LogP contribution >= 0.6 is 0 Å². The number of nitrogens with one attached hydrogen (secondary N) is 1. The Bertz CT molecular complexity index is 435. The average molecular weight is 265 g/mol. The van der Waals surface area contributed by atoms with Crippen LogP contribution in [0.1, 0.15) is 19.8 Å². The molecular formula is C14H19NO4. The van der Waals surface area contributed by atoms with Crippen LogP contribution in [-0.2, 0) is 4.74 Å². The van der Waals surface area contributed by atoms with Gasteiger partial charge in [-0.25, -0.2) is 4.79 Å². The molecule has 0 heterocycles. The molecule has 104 valence electrons. The zero-order valence-electron chi connectivity index (χ0n) is 11.4. The van der Waals surface area contributed by atoms with Crippen molar-refractivity contribution in [2.75, 3.05) is 19.5 Å². The molecule has 1 amide bonds. The lowest BCUT2D eigenvalue weighted by molar-refractivity contribution is 0.108. The van der Waals surface area contributed by atoms with E-state index >= 15 is 0 Å². The van der Waals surface area contributed by atoms with Gasteiger partial charge < -0.3 is 14.2 Å². The monoisotopic (exact) mass is 265 g/mol. The number of hydrogen-bond acceptors (Lipinski definition) is 4. The molecule has 5 nitrogen and oxygen atoms in total. The van der Waals surface area contributed by atoms with Gasteiger partial charge in [-0.05, 0) is 25.7 Å². The Morgan fingerprint density at radius 3 is 2.26 bits per heavy atom. The van der Waals surface area contributed by atoms with Crippen LogP contribution in [0.2, 0.25) is 0 Å². The summed E-state index contributed by atoms with van der Waals surface area (Å²) in [5.41, 5.74) is 0.587. The first-order valence-electron chi connectivity index (χ1n) is 6.33. The van der Waals surface area contributed by atoms with E-state index in [4.69, 9.17) is 14.2 Å². The molecule has 0 aliphatic heterocycles. The molecule has 1 aliphatic carbocycles. The van der Waals surface area contributed by atoms with Crippen LogP contribution in [0.25, 0.3) is 0 Å². The van der Waals surface area contributed by atoms with Crippen molar-refractivity contribution in [1.29, 1.82) is 0 Å². The molecule has 1 saturated carbocycles. The SMILES string of the molecule is COc1cc(NC(=O)OC(C)C2CC2)cc(OC)c1. The van der Waals surface area contributed by atoms with E-state index in [2.05, 4.69) is 5.32 Å². The second-order valence-corrected chi connectivity index (χ2v) is 4.67. The molecule has 1 aliphatic rings. The van der Waals surface area contributed by atoms with Crippen molar-refractivity contribution < 1.29 is 19.0 Å². The summed E-state index contributed by atoms with van der Waals surface area (Å²) in [5.74, 6) is 1.75. The van der Waals surface area contributed by atoms with Crippen molar-refractivity contribution in [2.24, 2.45) is 5.92 Å². The zero-order valence-corrected chi connectivity index (χ0v) is 11.4. The van der Waals surface area contributed by atoms with E-state index in [1.54, 1.807) is 32.4 Å². The third-order valence-electron chi connectivity index (χ3n) is 3.18. The quantitative estimate of drug-likeness (QED) is 0.889. The highest BCUT2D eigenvalue weighted by Crippen LogP contribution is 2.34. The van der Waals surface area contributed by atoms with Gasteiger partial charge in [0.1, 0.15) is 17.6 Å². The first-order chi connectivity index (χ1) is 9.12. The Morgan fingerprint density at radius 1 is 1.21 bits per heavy atom. The molecular weight excluding hydrogens is 246 g/mol. The highest BCUT2D eigenvalue weighted by molar-refractivity contribution is 5.85. The van der Waals surface area contributed by atoms with E-state index in [0.717, 1.165) is 12.8 Å². The number of carbonyl (C=O) groups is 1. The number of ether oxygens (including phenoxy) is 3. The zero-order chi connectivity index (χ0) is 13.8. The molecule has 0 radical (unpaired) electrons. The molecule has 0 aromatic heterocycles. The minimum atomic E-state index is -0.449. The van der Waals surface area contributed by atoms with E-state index in [9.17, 15) is 4.79 Å². The molecule has 19 heavy (non-hydrogen) atoms. The van der Waals surface area contributed by atoms with Crippen molar-refractivity contribution in [1.82, 2.24) is 0 Å². The van der Waals surface area contributed by atoms with Gasteiger partial charge in [0, 0.05) is 18.2 Å². The van der Waals surface area contributed by atoms with Crippen LogP contribution < -0.4 is 14.8 Å². The Balaban J connectivity index is 1.98. The maximum atomic E-state index is 11.7. The van der Waals surface area contributed by atoms with Gasteiger partial charge in [-0.15, -0.1) is 0 Å². The Kier molecular flexibility index (Phi) is 4.14. The van der Waals surface area contributed by atoms with Crippen LogP contribution in [0.5, 0.6) is 11.5 Å². The fourth-order valence-corrected chi connectivity index (χ4v) is 1.86. The number of methoxy groups -OCH3 is 2. The maximum absolute atomic E-state index is 11.7. The summed E-state index contributed by atoms with van der Waals surface area (Å²) in [4.78, 5) is 11.7. The lowest BCUT2D eigenvalue weighted by atomic mass is 10.2. The summed E-state index contributed by atoms with van der Waals surface area (Å²) in [6.45, 7) is 1.92. The molecule has 0 saturated heterocycles. The predicted molar refractivity (Wildman–Crippen MR) is 71.8 cm³/mol. The summed E-state index contributed by atoms with van der Waals surface area (Å²) in [5, 5.41) is 2.68. The van der Waals surface area contributed by atoms with Crippen molar-refractivity contribution in [3.8, 4) is 11.5 Å². The van der Waals surface area contributed by atoms with E-state index < -0.39 is 6.09 Å². The van der Waals surface area contributed by atoms with Gasteiger partial charge in [-0.3, -0.25) is 5.32 Å². The normalized spacial score (nSPS) is 15.5. The van der Waals surface area contributed by atoms with Gasteiger partial charge in [0.05, 0.1) is 19.9 Å². The van der Waals surface area contributed by atoms with E-state index in [-0.39, 0.29) is 6.10 Å². The summed E-state index contributed by atoms with van der Waals surface area (Å²) in [6.07, 6.45) is 1.80. The number of carbonyl (C=O) groups excluding carboxylic acids is 1. The minimum absolute atomic E-state index is 0.0347. The predicted octanol–water partition coefficient (Wildman–Crippen LogP) is 3.05. The van der Waals surface area contributed by atoms with Crippen LogP contribution in [-0.4, -0.2) is 26.4 Å². The van der Waals surface area contributed by atoms with Crippen LogP contribution in [0.4, 0.5) is 10.5 Å². The first kappa shape index (κ1) is 13.5. The molecule has 1 atom stereocenters. The van der Waals surface area contributed by atoms with Gasteiger partial charge in [-0.1, -0.05) is 0 Å². The summed E-state index contributed by atoms with van der Waals surface area (Å²) >= 11 is 0. The number of anilines is 1. The van der Waals surface area contributed by atoms with Gasteiger partial charge in [-0.2, -0.15) is 0 Å². The van der Waals surface area contributed by atoms with Gasteiger partial charge in [0.15, 0.2) is 0 Å². The van der Waals surface area contributed by atoms with Gasteiger partial charge in [0.2, 0.25) is 0 Å². The molecule has 1 N–H and O–H groups in total. The highest BCUT2D eigenvalue weighted by Gasteiger charge is 2.30. The second-order valence-electron chi connectivity index (χ2n) is 4.67. The third kappa shape index (κ3) is 3.77. The molecule has 1 aromatic carbocycles. The topological polar surface area (TPSA) is 56.8 Å².